The molecule has 3 N–H and O–H groups in total. The number of carbonyl (C=O) groups is 2. The zero-order chi connectivity index (χ0) is 15.4. The van der Waals surface area contributed by atoms with Gasteiger partial charge < -0.3 is 11.1 Å². The second-order valence-corrected chi connectivity index (χ2v) is 5.51. The van der Waals surface area contributed by atoms with Gasteiger partial charge in [0.25, 0.3) is 5.91 Å². The van der Waals surface area contributed by atoms with E-state index in [1.807, 2.05) is 0 Å². The van der Waals surface area contributed by atoms with Crippen molar-refractivity contribution in [3.8, 4) is 0 Å². The highest BCUT2D eigenvalue weighted by Crippen LogP contribution is 2.18. The van der Waals surface area contributed by atoms with Crippen LogP contribution in [-0.4, -0.2) is 16.8 Å². The summed E-state index contributed by atoms with van der Waals surface area (Å²) in [5.74, 6) is -0.860. The number of nitrogens with one attached hydrogen (secondary N) is 1. The van der Waals surface area contributed by atoms with Crippen molar-refractivity contribution < 1.29 is 9.59 Å². The van der Waals surface area contributed by atoms with Crippen LogP contribution in [0.3, 0.4) is 0 Å². The number of primary amides is 1. The Bertz CT molecular complexity index is 706. The Morgan fingerprint density at radius 3 is 2.81 bits per heavy atom. The van der Waals surface area contributed by atoms with E-state index in [0.29, 0.717) is 10.0 Å². The van der Waals surface area contributed by atoms with Crippen LogP contribution in [0.25, 0.3) is 0 Å². The lowest BCUT2D eigenvalue weighted by atomic mass is 10.1. The molecule has 108 valence electrons. The number of pyridine rings is 1. The van der Waals surface area contributed by atoms with Crippen LogP contribution < -0.4 is 11.1 Å². The van der Waals surface area contributed by atoms with E-state index in [1.54, 1.807) is 30.3 Å². The van der Waals surface area contributed by atoms with Crippen LogP contribution in [0, 0.1) is 0 Å². The number of hydrogen-bond donors (Lipinski definition) is 2. The van der Waals surface area contributed by atoms with Gasteiger partial charge in [0.2, 0.25) is 5.91 Å². The lowest BCUT2D eigenvalue weighted by molar-refractivity contribution is 0.0950. The molecule has 0 radical (unpaired) electrons. The fourth-order valence-corrected chi connectivity index (χ4v) is 2.21. The smallest absolute Gasteiger partial charge is 0.254 e. The van der Waals surface area contributed by atoms with Crippen molar-refractivity contribution in [1.29, 1.82) is 0 Å². The molecule has 0 fully saturated rings. The van der Waals surface area contributed by atoms with Gasteiger partial charge in [-0.05, 0) is 39.7 Å². The van der Waals surface area contributed by atoms with E-state index < -0.39 is 5.91 Å². The maximum Gasteiger partial charge on any atom is 0.254 e. The van der Waals surface area contributed by atoms with Gasteiger partial charge in [-0.15, -0.1) is 0 Å². The molecule has 2 rings (SSSR count). The average Bonchev–Trinajstić information content (AvgIpc) is 2.47. The highest BCUT2D eigenvalue weighted by molar-refractivity contribution is 9.10. The zero-order valence-corrected chi connectivity index (χ0v) is 13.1. The van der Waals surface area contributed by atoms with Crippen molar-refractivity contribution in [2.45, 2.75) is 6.54 Å². The summed E-state index contributed by atoms with van der Waals surface area (Å²) < 4.78 is 0.660. The quantitative estimate of drug-likeness (QED) is 0.813. The van der Waals surface area contributed by atoms with Gasteiger partial charge in [0.1, 0.15) is 5.15 Å². The largest absolute Gasteiger partial charge is 0.366 e. The number of rotatable bonds is 4. The highest BCUT2D eigenvalue weighted by Gasteiger charge is 2.12. The topological polar surface area (TPSA) is 85.1 Å². The van der Waals surface area contributed by atoms with Crippen LogP contribution in [0.1, 0.15) is 26.3 Å². The van der Waals surface area contributed by atoms with Gasteiger partial charge in [-0.2, -0.15) is 0 Å². The van der Waals surface area contributed by atoms with Crippen molar-refractivity contribution in [3.05, 3.63) is 62.8 Å². The van der Waals surface area contributed by atoms with Crippen LogP contribution in [-0.2, 0) is 6.54 Å². The summed E-state index contributed by atoms with van der Waals surface area (Å²) in [7, 11) is 0. The zero-order valence-electron chi connectivity index (χ0n) is 10.8. The lowest BCUT2D eigenvalue weighted by Gasteiger charge is -2.07. The molecule has 0 aliphatic carbocycles. The number of nitrogens with two attached hydrogens (primary N) is 1. The molecule has 2 amide bonds. The average molecular weight is 369 g/mol. The predicted molar refractivity (Wildman–Crippen MR) is 83.1 cm³/mol. The third kappa shape index (κ3) is 4.03. The predicted octanol–water partition coefficient (Wildman–Crippen LogP) is 2.53. The number of halogens is 2. The summed E-state index contributed by atoms with van der Waals surface area (Å²) in [4.78, 5) is 27.0. The fraction of sp³-hybridized carbons (Fsp3) is 0.0714. The van der Waals surface area contributed by atoms with Gasteiger partial charge >= 0.3 is 0 Å². The monoisotopic (exact) mass is 367 g/mol. The van der Waals surface area contributed by atoms with Crippen LogP contribution in [0.4, 0.5) is 0 Å². The number of amides is 2. The first-order chi connectivity index (χ1) is 9.97. The fourth-order valence-electron chi connectivity index (χ4n) is 1.69. The van der Waals surface area contributed by atoms with E-state index in [2.05, 4.69) is 26.2 Å². The van der Waals surface area contributed by atoms with Crippen molar-refractivity contribution in [1.82, 2.24) is 10.3 Å². The van der Waals surface area contributed by atoms with Gasteiger partial charge in [-0.1, -0.05) is 23.7 Å². The summed E-state index contributed by atoms with van der Waals surface area (Å²) in [6, 6.07) is 8.32. The minimum atomic E-state index is -0.512. The van der Waals surface area contributed by atoms with Crippen LogP contribution in [0.5, 0.6) is 0 Å². The van der Waals surface area contributed by atoms with Gasteiger partial charge in [-0.25, -0.2) is 4.98 Å². The normalized spacial score (nSPS) is 10.2. The molecular formula is C14H11BrClN3O2. The first-order valence-electron chi connectivity index (χ1n) is 5.95. The molecule has 0 spiro atoms. The summed E-state index contributed by atoms with van der Waals surface area (Å²) in [5, 5.41) is 2.84. The SMILES string of the molecule is NC(=O)c1cccc(CNC(=O)c2cc(Br)cnc2Cl)c1. The third-order valence-electron chi connectivity index (χ3n) is 2.71. The van der Waals surface area contributed by atoms with E-state index in [0.717, 1.165) is 5.56 Å². The molecule has 0 saturated heterocycles. The summed E-state index contributed by atoms with van der Waals surface area (Å²) in [6.07, 6.45) is 1.51. The minimum absolute atomic E-state index is 0.126. The lowest BCUT2D eigenvalue weighted by Crippen LogP contribution is -2.23. The van der Waals surface area contributed by atoms with E-state index in [1.165, 1.54) is 6.20 Å². The Kier molecular flexibility index (Phi) is 4.93. The number of benzene rings is 1. The molecule has 7 heteroatoms. The van der Waals surface area contributed by atoms with Gasteiger partial charge in [0.15, 0.2) is 0 Å². The Morgan fingerprint density at radius 2 is 2.10 bits per heavy atom. The van der Waals surface area contributed by atoms with E-state index in [4.69, 9.17) is 17.3 Å². The molecular weight excluding hydrogens is 358 g/mol. The maximum absolute atomic E-state index is 12.1. The van der Waals surface area contributed by atoms with Gasteiger partial charge in [-0.3, -0.25) is 9.59 Å². The number of nitrogens with zero attached hydrogens (tertiary/aromatic N) is 1. The van der Waals surface area contributed by atoms with Crippen LogP contribution in [0.2, 0.25) is 5.15 Å². The Morgan fingerprint density at radius 1 is 1.33 bits per heavy atom. The van der Waals surface area contributed by atoms with Crippen molar-refractivity contribution >= 4 is 39.3 Å². The first kappa shape index (κ1) is 15.5. The standard InChI is InChI=1S/C14H11BrClN3O2/c15-10-5-11(12(16)18-7-10)14(21)19-6-8-2-1-3-9(4-8)13(17)20/h1-5,7H,6H2,(H2,17,20)(H,19,21). The molecule has 0 aliphatic heterocycles. The van der Waals surface area contributed by atoms with Gasteiger partial charge in [0, 0.05) is 22.8 Å². The summed E-state index contributed by atoms with van der Waals surface area (Å²) in [5.41, 5.74) is 6.64. The number of aromatic nitrogens is 1. The van der Waals surface area contributed by atoms with E-state index in [-0.39, 0.29) is 23.2 Å². The molecule has 0 atom stereocenters. The van der Waals surface area contributed by atoms with Crippen molar-refractivity contribution in [2.75, 3.05) is 0 Å². The molecule has 0 unspecified atom stereocenters. The Balaban J connectivity index is 2.09. The Labute approximate surface area is 134 Å². The number of hydrogen-bond acceptors (Lipinski definition) is 3. The second-order valence-electron chi connectivity index (χ2n) is 4.24. The molecule has 1 heterocycles. The number of carbonyl (C=O) groups excluding carboxylic acids is 2. The summed E-state index contributed by atoms with van der Waals surface area (Å²) in [6.45, 7) is 0.253. The molecule has 0 bridgehead atoms. The highest BCUT2D eigenvalue weighted by atomic mass is 79.9. The van der Waals surface area contributed by atoms with E-state index in [9.17, 15) is 9.59 Å². The second kappa shape index (κ2) is 6.69. The van der Waals surface area contributed by atoms with Crippen LogP contribution >= 0.6 is 27.5 Å². The molecule has 5 nitrogen and oxygen atoms in total. The van der Waals surface area contributed by atoms with E-state index >= 15 is 0 Å². The third-order valence-corrected chi connectivity index (χ3v) is 3.45. The first-order valence-corrected chi connectivity index (χ1v) is 7.12. The van der Waals surface area contributed by atoms with Crippen molar-refractivity contribution in [3.63, 3.8) is 0 Å². The molecule has 0 aliphatic rings. The molecule has 0 saturated carbocycles. The molecule has 21 heavy (non-hydrogen) atoms. The minimum Gasteiger partial charge on any atom is -0.366 e. The van der Waals surface area contributed by atoms with Crippen molar-refractivity contribution in [2.24, 2.45) is 5.73 Å². The van der Waals surface area contributed by atoms with Crippen LogP contribution in [0.15, 0.2) is 41.0 Å². The molecule has 2 aromatic rings. The maximum atomic E-state index is 12.1. The molecule has 1 aromatic heterocycles. The summed E-state index contributed by atoms with van der Waals surface area (Å²) >= 11 is 9.12. The van der Waals surface area contributed by atoms with Gasteiger partial charge in [0.05, 0.1) is 5.56 Å². The molecule has 1 aromatic carbocycles. The Hall–Kier alpha value is -1.92.